The molecule has 1 aromatic carbocycles. The number of para-hydroxylation sites is 1. The molecule has 0 aliphatic rings. The van der Waals surface area contributed by atoms with E-state index in [0.717, 1.165) is 25.2 Å². The zero-order chi connectivity index (χ0) is 14.8. The third-order valence-corrected chi connectivity index (χ3v) is 2.84. The molecule has 0 radical (unpaired) electrons. The fourth-order valence-electron chi connectivity index (χ4n) is 1.44. The Kier molecular flexibility index (Phi) is 7.86. The summed E-state index contributed by atoms with van der Waals surface area (Å²) in [6, 6.07) is 9.70. The van der Waals surface area contributed by atoms with E-state index in [1.165, 1.54) is 0 Å². The van der Waals surface area contributed by atoms with Crippen LogP contribution in [-0.4, -0.2) is 42.3 Å². The highest BCUT2D eigenvalue weighted by molar-refractivity contribution is 7.80. The van der Waals surface area contributed by atoms with Crippen molar-refractivity contribution in [3.63, 3.8) is 0 Å². The van der Waals surface area contributed by atoms with Crippen molar-refractivity contribution < 1.29 is 0 Å². The number of anilines is 1. The molecular formula is C13H21N5S2. The van der Waals surface area contributed by atoms with Gasteiger partial charge in [0.15, 0.2) is 10.2 Å². The normalized spacial score (nSPS) is 9.95. The summed E-state index contributed by atoms with van der Waals surface area (Å²) in [6.07, 6.45) is 1.03. The number of benzene rings is 1. The van der Waals surface area contributed by atoms with Crippen molar-refractivity contribution in [3.8, 4) is 0 Å². The van der Waals surface area contributed by atoms with Crippen LogP contribution in [0.25, 0.3) is 0 Å². The fourth-order valence-corrected chi connectivity index (χ4v) is 1.76. The summed E-state index contributed by atoms with van der Waals surface area (Å²) in [4.78, 5) is 2.13. The van der Waals surface area contributed by atoms with Crippen molar-refractivity contribution in [1.82, 2.24) is 21.1 Å². The Balaban J connectivity index is 2.13. The summed E-state index contributed by atoms with van der Waals surface area (Å²) in [6.45, 7) is 1.85. The van der Waals surface area contributed by atoms with Crippen molar-refractivity contribution >= 4 is 40.3 Å². The Morgan fingerprint density at radius 2 is 1.70 bits per heavy atom. The number of hydrazine groups is 1. The SMILES string of the molecule is CN(C)CCCNC(=S)NNC(=S)Nc1ccccc1. The van der Waals surface area contributed by atoms with Gasteiger partial charge in [0.05, 0.1) is 0 Å². The van der Waals surface area contributed by atoms with E-state index in [1.807, 2.05) is 44.4 Å². The van der Waals surface area contributed by atoms with Gasteiger partial charge in [0.2, 0.25) is 0 Å². The van der Waals surface area contributed by atoms with Gasteiger partial charge in [-0.3, -0.25) is 10.9 Å². The molecule has 110 valence electrons. The molecule has 0 amide bonds. The fraction of sp³-hybridized carbons (Fsp3) is 0.385. The predicted octanol–water partition coefficient (Wildman–Crippen LogP) is 1.30. The highest BCUT2D eigenvalue weighted by Gasteiger charge is 1.98. The summed E-state index contributed by atoms with van der Waals surface area (Å²) < 4.78 is 0. The Labute approximate surface area is 131 Å². The lowest BCUT2D eigenvalue weighted by molar-refractivity contribution is 0.400. The summed E-state index contributed by atoms with van der Waals surface area (Å²) in [5, 5.41) is 7.14. The molecule has 0 spiro atoms. The van der Waals surface area contributed by atoms with Crippen molar-refractivity contribution in [2.45, 2.75) is 6.42 Å². The molecule has 0 bridgehead atoms. The van der Waals surface area contributed by atoms with E-state index >= 15 is 0 Å². The molecule has 0 fully saturated rings. The zero-order valence-electron chi connectivity index (χ0n) is 11.8. The van der Waals surface area contributed by atoms with E-state index in [1.54, 1.807) is 0 Å². The van der Waals surface area contributed by atoms with Crippen LogP contribution in [-0.2, 0) is 0 Å². The van der Waals surface area contributed by atoms with E-state index < -0.39 is 0 Å². The molecule has 0 saturated carbocycles. The topological polar surface area (TPSA) is 51.4 Å². The van der Waals surface area contributed by atoms with Crippen LogP contribution < -0.4 is 21.5 Å². The van der Waals surface area contributed by atoms with E-state index in [9.17, 15) is 0 Å². The molecule has 0 aromatic heterocycles. The number of thiocarbonyl (C=S) groups is 2. The number of hydrogen-bond acceptors (Lipinski definition) is 3. The van der Waals surface area contributed by atoms with Crippen molar-refractivity contribution in [3.05, 3.63) is 30.3 Å². The second kappa shape index (κ2) is 9.46. The molecule has 0 aliphatic carbocycles. The first-order valence-corrected chi connectivity index (χ1v) is 7.20. The van der Waals surface area contributed by atoms with Gasteiger partial charge >= 0.3 is 0 Å². The van der Waals surface area contributed by atoms with Crippen LogP contribution in [0.3, 0.4) is 0 Å². The maximum Gasteiger partial charge on any atom is 0.189 e. The van der Waals surface area contributed by atoms with E-state index in [2.05, 4.69) is 26.4 Å². The smallest absolute Gasteiger partial charge is 0.189 e. The van der Waals surface area contributed by atoms with Crippen LogP contribution >= 0.6 is 24.4 Å². The minimum absolute atomic E-state index is 0.466. The second-order valence-corrected chi connectivity index (χ2v) is 5.30. The Hall–Kier alpha value is -1.44. The van der Waals surface area contributed by atoms with Crippen molar-refractivity contribution in [2.75, 3.05) is 32.5 Å². The highest BCUT2D eigenvalue weighted by atomic mass is 32.1. The molecule has 1 aromatic rings. The van der Waals surface area contributed by atoms with Crippen molar-refractivity contribution in [2.24, 2.45) is 0 Å². The monoisotopic (exact) mass is 311 g/mol. The number of nitrogens with one attached hydrogen (secondary N) is 4. The molecule has 0 atom stereocenters. The standard InChI is InChI=1S/C13H21N5S2/c1-18(2)10-6-9-14-12(19)16-17-13(20)15-11-7-4-3-5-8-11/h3-5,7-8H,6,9-10H2,1-2H3,(H2,14,16,19)(H2,15,17,20). The predicted molar refractivity (Wildman–Crippen MR) is 92.7 cm³/mol. The minimum atomic E-state index is 0.466. The van der Waals surface area contributed by atoms with Gasteiger partial charge in [-0.25, -0.2) is 0 Å². The van der Waals surface area contributed by atoms with E-state index in [0.29, 0.717) is 10.2 Å². The molecule has 5 nitrogen and oxygen atoms in total. The van der Waals surface area contributed by atoms with Gasteiger partial charge in [0.1, 0.15) is 0 Å². The van der Waals surface area contributed by atoms with Gasteiger partial charge in [0.25, 0.3) is 0 Å². The number of rotatable bonds is 5. The molecule has 20 heavy (non-hydrogen) atoms. The average molecular weight is 311 g/mol. The zero-order valence-corrected chi connectivity index (χ0v) is 13.4. The van der Waals surface area contributed by atoms with Gasteiger partial charge in [0, 0.05) is 12.2 Å². The maximum absolute atomic E-state index is 5.15. The Bertz CT molecular complexity index is 422. The van der Waals surface area contributed by atoms with Crippen LogP contribution in [0, 0.1) is 0 Å². The first-order chi connectivity index (χ1) is 9.58. The summed E-state index contributed by atoms with van der Waals surface area (Å²) >= 11 is 10.3. The lowest BCUT2D eigenvalue weighted by Gasteiger charge is -2.15. The molecule has 7 heteroatoms. The molecule has 0 aliphatic heterocycles. The van der Waals surface area contributed by atoms with Crippen LogP contribution in [0.4, 0.5) is 5.69 Å². The van der Waals surface area contributed by atoms with Crippen LogP contribution in [0.15, 0.2) is 30.3 Å². The summed E-state index contributed by atoms with van der Waals surface area (Å²) in [5.74, 6) is 0. The molecule has 0 unspecified atom stereocenters. The van der Waals surface area contributed by atoms with Gasteiger partial charge in [-0.1, -0.05) is 18.2 Å². The number of hydrogen-bond donors (Lipinski definition) is 4. The maximum atomic E-state index is 5.15. The highest BCUT2D eigenvalue weighted by Crippen LogP contribution is 2.03. The first-order valence-electron chi connectivity index (χ1n) is 6.38. The molecule has 1 rings (SSSR count). The summed E-state index contributed by atoms with van der Waals surface area (Å²) in [7, 11) is 4.09. The Morgan fingerprint density at radius 3 is 2.35 bits per heavy atom. The average Bonchev–Trinajstić information content (AvgIpc) is 2.42. The molecule has 0 heterocycles. The Morgan fingerprint density at radius 1 is 1.05 bits per heavy atom. The van der Waals surface area contributed by atoms with Gasteiger partial charge in [-0.2, -0.15) is 0 Å². The van der Waals surface area contributed by atoms with Crippen LogP contribution in [0.2, 0.25) is 0 Å². The van der Waals surface area contributed by atoms with Crippen LogP contribution in [0.1, 0.15) is 6.42 Å². The molecular weight excluding hydrogens is 290 g/mol. The van der Waals surface area contributed by atoms with Crippen molar-refractivity contribution in [1.29, 1.82) is 0 Å². The van der Waals surface area contributed by atoms with Gasteiger partial charge in [-0.05, 0) is 63.6 Å². The minimum Gasteiger partial charge on any atom is -0.361 e. The quantitative estimate of drug-likeness (QED) is 0.371. The largest absolute Gasteiger partial charge is 0.361 e. The lowest BCUT2D eigenvalue weighted by atomic mass is 10.3. The molecule has 4 N–H and O–H groups in total. The first kappa shape index (κ1) is 16.6. The van der Waals surface area contributed by atoms with Gasteiger partial charge in [-0.15, -0.1) is 0 Å². The van der Waals surface area contributed by atoms with Gasteiger partial charge < -0.3 is 15.5 Å². The lowest BCUT2D eigenvalue weighted by Crippen LogP contribution is -2.48. The van der Waals surface area contributed by atoms with E-state index in [-0.39, 0.29) is 0 Å². The number of nitrogens with zero attached hydrogens (tertiary/aromatic N) is 1. The van der Waals surface area contributed by atoms with E-state index in [4.69, 9.17) is 24.4 Å². The van der Waals surface area contributed by atoms with Crippen LogP contribution in [0.5, 0.6) is 0 Å². The third kappa shape index (κ3) is 7.88. The third-order valence-electron chi connectivity index (χ3n) is 2.39. The summed E-state index contributed by atoms with van der Waals surface area (Å²) in [5.41, 5.74) is 6.61. The molecule has 0 saturated heterocycles. The second-order valence-electron chi connectivity index (χ2n) is 4.48.